The fourth-order valence-electron chi connectivity index (χ4n) is 14.9. The Bertz CT molecular complexity index is 1990. The van der Waals surface area contributed by atoms with Gasteiger partial charge in [0, 0.05) is 89.0 Å². The lowest BCUT2D eigenvalue weighted by Crippen LogP contribution is -2.51. The Morgan fingerprint density at radius 2 is 1.54 bits per heavy atom. The molecule has 10 heteroatoms. The van der Waals surface area contributed by atoms with Gasteiger partial charge in [-0.05, 0) is 167 Å². The van der Waals surface area contributed by atoms with Crippen LogP contribution >= 0.6 is 0 Å². The standard InChI is InChI=1S/C57H89N7O3/c1-40(2)13-10-14-41(3)49-19-20-50-48-18-17-42-35-47(23-27-56(42,4)51(48)24-28-57(49,50)5)67-55(66)22-21-54(65)61-30-9-8-29-58-43-25-31-59-44(36-43)38-63-33-11-15-52(63)53-16-12-34-64(53)39-45-37-46(62(6)7)26-32-60-45/h17,25-26,31-32,36-37,40-41,47-53H,8-16,18-24,27-30,33-35,38-39H2,1-7H3,(H,58,59)(H,61,65)/t41-,47+,48+,49-,50+,51+,52+,53+,56+,57-/m1/s1. The minimum atomic E-state index is -0.230. The molecule has 2 aromatic rings. The van der Waals surface area contributed by atoms with Gasteiger partial charge in [-0.3, -0.25) is 29.4 Å². The SMILES string of the molecule is CC(C)CCC[C@@H](C)[C@H]1CC[C@H]2[C@@H]3CC=C4C[C@@H](OC(=O)CCC(=O)NCCCCNc5ccnc(CN6CCC[C@H]6[C@@H]6CCCN6Cc6cc(N(C)C)ccn6)c5)CC[C@]4(C)[C@H]3CC[C@]12C. The lowest BCUT2D eigenvalue weighted by atomic mass is 9.47. The van der Waals surface area contributed by atoms with Crippen LogP contribution in [-0.4, -0.2) is 90.1 Å². The van der Waals surface area contributed by atoms with Gasteiger partial charge >= 0.3 is 5.97 Å². The van der Waals surface area contributed by atoms with E-state index in [1.54, 1.807) is 5.57 Å². The smallest absolute Gasteiger partial charge is 0.306 e. The molecule has 10 nitrogen and oxygen atoms in total. The molecule has 4 heterocycles. The first-order valence-corrected chi connectivity index (χ1v) is 27.3. The molecule has 370 valence electrons. The van der Waals surface area contributed by atoms with Gasteiger partial charge in [-0.2, -0.15) is 0 Å². The number of allylic oxidation sites excluding steroid dienone is 1. The number of esters is 1. The Labute approximate surface area is 405 Å². The molecule has 8 rings (SSSR count). The summed E-state index contributed by atoms with van der Waals surface area (Å²) in [5.41, 5.74) is 6.85. The first-order valence-electron chi connectivity index (χ1n) is 27.3. The molecular formula is C57H89N7O3. The monoisotopic (exact) mass is 920 g/mol. The van der Waals surface area contributed by atoms with Crippen LogP contribution in [0.5, 0.6) is 0 Å². The highest BCUT2D eigenvalue weighted by Crippen LogP contribution is 2.67. The molecule has 10 atom stereocenters. The van der Waals surface area contributed by atoms with Crippen molar-refractivity contribution < 1.29 is 14.3 Å². The van der Waals surface area contributed by atoms with Crippen molar-refractivity contribution in [3.63, 3.8) is 0 Å². The number of ether oxygens (including phenoxy) is 1. The van der Waals surface area contributed by atoms with Crippen LogP contribution in [0.2, 0.25) is 0 Å². The third kappa shape index (κ3) is 11.9. The number of amides is 1. The summed E-state index contributed by atoms with van der Waals surface area (Å²) in [5, 5.41) is 6.63. The highest BCUT2D eigenvalue weighted by atomic mass is 16.5. The zero-order valence-electron chi connectivity index (χ0n) is 42.9. The summed E-state index contributed by atoms with van der Waals surface area (Å²) in [5.74, 6) is 4.64. The predicted molar refractivity (Wildman–Crippen MR) is 273 cm³/mol. The van der Waals surface area contributed by atoms with Gasteiger partial charge in [-0.15, -0.1) is 0 Å². The van der Waals surface area contributed by atoms with Gasteiger partial charge < -0.3 is 20.3 Å². The average molecular weight is 920 g/mol. The number of anilines is 2. The maximum absolute atomic E-state index is 13.0. The summed E-state index contributed by atoms with van der Waals surface area (Å²) in [6.07, 6.45) is 27.4. The van der Waals surface area contributed by atoms with Crippen LogP contribution in [-0.2, 0) is 27.4 Å². The Morgan fingerprint density at radius 1 is 0.821 bits per heavy atom. The molecule has 2 saturated heterocycles. The Morgan fingerprint density at radius 3 is 2.27 bits per heavy atom. The van der Waals surface area contributed by atoms with Gasteiger partial charge in [0.05, 0.1) is 17.8 Å². The van der Waals surface area contributed by atoms with Crippen molar-refractivity contribution in [1.29, 1.82) is 0 Å². The summed E-state index contributed by atoms with van der Waals surface area (Å²) in [4.78, 5) is 42.8. The Balaban J connectivity index is 0.707. The normalized spacial score (nSPS) is 31.2. The summed E-state index contributed by atoms with van der Waals surface area (Å²) >= 11 is 0. The molecule has 2 N–H and O–H groups in total. The predicted octanol–water partition coefficient (Wildman–Crippen LogP) is 11.2. The van der Waals surface area contributed by atoms with E-state index in [2.05, 4.69) is 104 Å². The van der Waals surface area contributed by atoms with Gasteiger partial charge in [0.15, 0.2) is 0 Å². The molecule has 4 aliphatic carbocycles. The van der Waals surface area contributed by atoms with E-state index < -0.39 is 0 Å². The average Bonchev–Trinajstić information content (AvgIpc) is 4.05. The molecule has 0 spiro atoms. The van der Waals surface area contributed by atoms with Gasteiger partial charge in [0.25, 0.3) is 0 Å². The third-order valence-corrected chi connectivity index (χ3v) is 18.5. The lowest BCUT2D eigenvalue weighted by molar-refractivity contribution is -0.152. The second-order valence-electron chi connectivity index (χ2n) is 23.4. The number of carbonyl (C=O) groups is 2. The lowest BCUT2D eigenvalue weighted by Gasteiger charge is -2.58. The van der Waals surface area contributed by atoms with Crippen LogP contribution in [0.25, 0.3) is 0 Å². The molecule has 3 saturated carbocycles. The Kier molecular flexibility index (Phi) is 16.8. The van der Waals surface area contributed by atoms with E-state index in [0.29, 0.717) is 24.0 Å². The fraction of sp³-hybridized carbons (Fsp3) is 0.754. The Hall–Kier alpha value is -3.50. The number of nitrogens with zero attached hydrogens (tertiary/aromatic N) is 5. The van der Waals surface area contributed by atoms with Crippen molar-refractivity contribution in [1.82, 2.24) is 25.1 Å². The molecule has 0 unspecified atom stereocenters. The van der Waals surface area contributed by atoms with E-state index >= 15 is 0 Å². The molecule has 2 aromatic heterocycles. The second-order valence-corrected chi connectivity index (χ2v) is 23.4. The number of likely N-dealkylation sites (tertiary alicyclic amines) is 2. The molecule has 6 aliphatic rings. The molecule has 5 fully saturated rings. The third-order valence-electron chi connectivity index (χ3n) is 18.5. The molecule has 67 heavy (non-hydrogen) atoms. The number of rotatable bonds is 21. The summed E-state index contributed by atoms with van der Waals surface area (Å²) in [6.45, 7) is 18.0. The van der Waals surface area contributed by atoms with Crippen LogP contribution in [0.3, 0.4) is 0 Å². The van der Waals surface area contributed by atoms with Gasteiger partial charge in [-0.25, -0.2) is 0 Å². The molecule has 0 aromatic carbocycles. The number of pyridine rings is 2. The number of nitrogens with one attached hydrogen (secondary N) is 2. The number of hydrogen-bond donors (Lipinski definition) is 2. The highest BCUT2D eigenvalue weighted by Gasteiger charge is 2.59. The zero-order valence-corrected chi connectivity index (χ0v) is 42.9. The van der Waals surface area contributed by atoms with Crippen LogP contribution in [0.1, 0.15) is 168 Å². The molecular weight excluding hydrogens is 831 g/mol. The summed E-state index contributed by atoms with van der Waals surface area (Å²) < 4.78 is 6.07. The van der Waals surface area contributed by atoms with E-state index in [4.69, 9.17) is 14.7 Å². The minimum absolute atomic E-state index is 0.0627. The van der Waals surface area contributed by atoms with Gasteiger partial charge in [-0.1, -0.05) is 65.5 Å². The largest absolute Gasteiger partial charge is 0.462 e. The quantitative estimate of drug-likeness (QED) is 0.0720. The van der Waals surface area contributed by atoms with Crippen molar-refractivity contribution in [2.75, 3.05) is 50.5 Å². The minimum Gasteiger partial charge on any atom is -0.462 e. The molecule has 1 amide bonds. The molecule has 2 aliphatic heterocycles. The van der Waals surface area contributed by atoms with Crippen molar-refractivity contribution >= 4 is 23.3 Å². The summed E-state index contributed by atoms with van der Waals surface area (Å²) in [7, 11) is 4.18. The van der Waals surface area contributed by atoms with Gasteiger partial charge in [0.1, 0.15) is 6.10 Å². The number of aromatic nitrogens is 2. The number of hydrogen-bond acceptors (Lipinski definition) is 9. The van der Waals surface area contributed by atoms with E-state index in [-0.39, 0.29) is 36.2 Å². The van der Waals surface area contributed by atoms with E-state index in [1.807, 2.05) is 12.4 Å². The van der Waals surface area contributed by atoms with Crippen molar-refractivity contribution in [3.8, 4) is 0 Å². The van der Waals surface area contributed by atoms with Gasteiger partial charge in [0.2, 0.25) is 5.91 Å². The highest BCUT2D eigenvalue weighted by molar-refractivity contribution is 5.81. The number of unbranched alkanes of at least 4 members (excludes halogenated alkanes) is 1. The van der Waals surface area contributed by atoms with E-state index in [9.17, 15) is 9.59 Å². The molecule has 0 radical (unpaired) electrons. The number of fused-ring (bicyclic) bond motifs is 5. The van der Waals surface area contributed by atoms with Crippen molar-refractivity contribution in [2.24, 2.45) is 46.3 Å². The second kappa shape index (κ2) is 22.5. The first-order chi connectivity index (χ1) is 32.3. The van der Waals surface area contributed by atoms with E-state index in [1.165, 1.54) is 82.7 Å². The topological polar surface area (TPSA) is 103 Å². The maximum Gasteiger partial charge on any atom is 0.306 e. The maximum atomic E-state index is 13.0. The van der Waals surface area contributed by atoms with Crippen LogP contribution in [0, 0.1) is 46.3 Å². The van der Waals surface area contributed by atoms with Crippen LogP contribution < -0.4 is 15.5 Å². The first kappa shape index (κ1) is 49.9. The fourth-order valence-corrected chi connectivity index (χ4v) is 14.9. The van der Waals surface area contributed by atoms with Crippen molar-refractivity contribution in [3.05, 3.63) is 59.7 Å². The summed E-state index contributed by atoms with van der Waals surface area (Å²) in [6, 6.07) is 9.67. The van der Waals surface area contributed by atoms with Crippen LogP contribution in [0.4, 0.5) is 11.4 Å². The van der Waals surface area contributed by atoms with Crippen LogP contribution in [0.15, 0.2) is 48.3 Å². The van der Waals surface area contributed by atoms with Crippen molar-refractivity contribution in [2.45, 2.75) is 188 Å². The zero-order chi connectivity index (χ0) is 47.1. The number of carbonyl (C=O) groups excluding carboxylic acids is 2. The molecule has 0 bridgehead atoms. The van der Waals surface area contributed by atoms with E-state index in [0.717, 1.165) is 117 Å².